The molecule has 2 atom stereocenters. The van der Waals surface area contributed by atoms with Crippen LogP contribution in [0.15, 0.2) is 65.8 Å². The highest BCUT2D eigenvalue weighted by atomic mass is 16.5. The van der Waals surface area contributed by atoms with Crippen molar-refractivity contribution in [3.63, 3.8) is 0 Å². The molecule has 0 saturated heterocycles. The Morgan fingerprint density at radius 3 is 2.29 bits per heavy atom. The first-order valence-electron chi connectivity index (χ1n) is 8.06. The molecule has 2 rings (SSSR count). The summed E-state index contributed by atoms with van der Waals surface area (Å²) in [7, 11) is 0. The molecule has 0 aliphatic heterocycles. The molecule has 0 fully saturated rings. The van der Waals surface area contributed by atoms with Crippen molar-refractivity contribution >= 4 is 5.97 Å². The van der Waals surface area contributed by atoms with Gasteiger partial charge in [-0.15, -0.1) is 0 Å². The topological polar surface area (TPSA) is 67.8 Å². The van der Waals surface area contributed by atoms with Gasteiger partial charge in [-0.05, 0) is 18.1 Å². The van der Waals surface area contributed by atoms with Gasteiger partial charge in [-0.25, -0.2) is 0 Å². The van der Waals surface area contributed by atoms with Crippen LogP contribution < -0.4 is 5.32 Å². The molecular formula is C19H22N2O3. The van der Waals surface area contributed by atoms with E-state index in [2.05, 4.69) is 10.5 Å². The van der Waals surface area contributed by atoms with E-state index < -0.39 is 12.1 Å². The van der Waals surface area contributed by atoms with Crippen LogP contribution in [0.3, 0.4) is 0 Å². The van der Waals surface area contributed by atoms with E-state index in [1.54, 1.807) is 6.92 Å². The molecule has 2 unspecified atom stereocenters. The lowest BCUT2D eigenvalue weighted by Crippen LogP contribution is -2.38. The second-order valence-electron chi connectivity index (χ2n) is 5.44. The molecule has 0 heterocycles. The number of esters is 1. The summed E-state index contributed by atoms with van der Waals surface area (Å²) >= 11 is 0. The molecule has 0 saturated carbocycles. The zero-order valence-electron chi connectivity index (χ0n) is 13.7. The largest absolute Gasteiger partial charge is 0.465 e. The standard InChI is InChI=1S/C19H22N2O3/c1-2-24-19(22)18(20-14-15-9-5-3-6-10-15)13-17(21-23)16-11-7-4-8-12-16/h3-12,17-18,20H,2,13-14H2,1H3. The number of hydrogen-bond acceptors (Lipinski definition) is 5. The minimum atomic E-state index is -0.594. The van der Waals surface area contributed by atoms with Crippen molar-refractivity contribution in [2.24, 2.45) is 5.18 Å². The van der Waals surface area contributed by atoms with Gasteiger partial charge in [0.1, 0.15) is 12.1 Å². The molecular weight excluding hydrogens is 304 g/mol. The Bertz CT molecular complexity index is 632. The monoisotopic (exact) mass is 326 g/mol. The lowest BCUT2D eigenvalue weighted by atomic mass is 10.00. The second kappa shape index (κ2) is 9.57. The second-order valence-corrected chi connectivity index (χ2v) is 5.44. The van der Waals surface area contributed by atoms with Gasteiger partial charge >= 0.3 is 5.97 Å². The molecule has 0 aliphatic rings. The van der Waals surface area contributed by atoms with Crippen molar-refractivity contribution in [1.29, 1.82) is 0 Å². The molecule has 5 heteroatoms. The molecule has 2 aromatic carbocycles. The third-order valence-electron chi connectivity index (χ3n) is 3.74. The van der Waals surface area contributed by atoms with Crippen LogP contribution in [0.2, 0.25) is 0 Å². The summed E-state index contributed by atoms with van der Waals surface area (Å²) < 4.78 is 5.13. The predicted octanol–water partition coefficient (Wildman–Crippen LogP) is 3.61. The van der Waals surface area contributed by atoms with E-state index in [1.807, 2.05) is 60.7 Å². The number of hydrogen-bond donors (Lipinski definition) is 1. The molecule has 2 aromatic rings. The Kier molecular flexibility index (Phi) is 7.11. The number of nitrogens with one attached hydrogen (secondary N) is 1. The van der Waals surface area contributed by atoms with Crippen LogP contribution in [0.4, 0.5) is 0 Å². The molecule has 1 N–H and O–H groups in total. The summed E-state index contributed by atoms with van der Waals surface area (Å²) in [5, 5.41) is 6.38. The van der Waals surface area contributed by atoms with E-state index in [1.165, 1.54) is 0 Å². The molecule has 0 aromatic heterocycles. The zero-order chi connectivity index (χ0) is 17.2. The van der Waals surface area contributed by atoms with E-state index in [4.69, 9.17) is 4.74 Å². The van der Waals surface area contributed by atoms with Gasteiger partial charge in [-0.3, -0.25) is 4.79 Å². The minimum absolute atomic E-state index is 0.263. The van der Waals surface area contributed by atoms with Crippen molar-refractivity contribution in [3.05, 3.63) is 76.7 Å². The number of nitroso groups, excluding NO2 is 1. The Morgan fingerprint density at radius 1 is 1.08 bits per heavy atom. The summed E-state index contributed by atoms with van der Waals surface area (Å²) in [6.07, 6.45) is 0.263. The Morgan fingerprint density at radius 2 is 1.71 bits per heavy atom. The molecule has 5 nitrogen and oxygen atoms in total. The average Bonchev–Trinajstić information content (AvgIpc) is 2.63. The van der Waals surface area contributed by atoms with E-state index in [0.29, 0.717) is 13.2 Å². The van der Waals surface area contributed by atoms with Crippen molar-refractivity contribution in [1.82, 2.24) is 5.32 Å². The maximum Gasteiger partial charge on any atom is 0.323 e. The lowest BCUT2D eigenvalue weighted by Gasteiger charge is -2.20. The fourth-order valence-corrected chi connectivity index (χ4v) is 2.48. The van der Waals surface area contributed by atoms with Gasteiger partial charge in [0.05, 0.1) is 6.61 Å². The minimum Gasteiger partial charge on any atom is -0.465 e. The lowest BCUT2D eigenvalue weighted by molar-refractivity contribution is -0.146. The maximum atomic E-state index is 12.2. The number of ether oxygens (including phenoxy) is 1. The molecule has 0 spiro atoms. The van der Waals surface area contributed by atoms with Crippen LogP contribution in [-0.4, -0.2) is 18.6 Å². The Labute approximate surface area is 142 Å². The first kappa shape index (κ1) is 17.8. The first-order chi connectivity index (χ1) is 11.7. The van der Waals surface area contributed by atoms with E-state index in [9.17, 15) is 9.70 Å². The number of benzene rings is 2. The van der Waals surface area contributed by atoms with Crippen LogP contribution in [0.25, 0.3) is 0 Å². The maximum absolute atomic E-state index is 12.2. The van der Waals surface area contributed by atoms with Crippen molar-refractivity contribution < 1.29 is 9.53 Å². The van der Waals surface area contributed by atoms with E-state index in [-0.39, 0.29) is 12.4 Å². The van der Waals surface area contributed by atoms with Crippen molar-refractivity contribution in [2.75, 3.05) is 6.61 Å². The molecule has 0 amide bonds. The van der Waals surface area contributed by atoms with Crippen molar-refractivity contribution in [2.45, 2.75) is 32.0 Å². The molecule has 24 heavy (non-hydrogen) atoms. The molecule has 0 aliphatic carbocycles. The first-order valence-corrected chi connectivity index (χ1v) is 8.06. The molecule has 0 radical (unpaired) electrons. The SMILES string of the molecule is CCOC(=O)C(CC(N=O)c1ccccc1)NCc1ccccc1. The van der Waals surface area contributed by atoms with Gasteiger partial charge in [-0.1, -0.05) is 65.8 Å². The number of nitrogens with zero attached hydrogens (tertiary/aromatic N) is 1. The highest BCUT2D eigenvalue weighted by molar-refractivity contribution is 5.75. The number of carbonyl (C=O) groups is 1. The van der Waals surface area contributed by atoms with Gasteiger partial charge in [0, 0.05) is 13.0 Å². The van der Waals surface area contributed by atoms with E-state index in [0.717, 1.165) is 11.1 Å². The van der Waals surface area contributed by atoms with E-state index >= 15 is 0 Å². The average molecular weight is 326 g/mol. The van der Waals surface area contributed by atoms with Crippen LogP contribution in [0.5, 0.6) is 0 Å². The third-order valence-corrected chi connectivity index (χ3v) is 3.74. The third kappa shape index (κ3) is 5.28. The van der Waals surface area contributed by atoms with Crippen LogP contribution >= 0.6 is 0 Å². The molecule has 0 bridgehead atoms. The Balaban J connectivity index is 2.07. The fraction of sp³-hybridized carbons (Fsp3) is 0.316. The highest BCUT2D eigenvalue weighted by Gasteiger charge is 2.25. The normalized spacial score (nSPS) is 13.0. The fourth-order valence-electron chi connectivity index (χ4n) is 2.48. The van der Waals surface area contributed by atoms with Gasteiger partial charge in [0.2, 0.25) is 0 Å². The quantitative estimate of drug-likeness (QED) is 0.565. The number of rotatable bonds is 9. The van der Waals surface area contributed by atoms with Gasteiger partial charge in [0.25, 0.3) is 0 Å². The van der Waals surface area contributed by atoms with Crippen LogP contribution in [0, 0.1) is 4.91 Å². The van der Waals surface area contributed by atoms with Gasteiger partial charge < -0.3 is 10.1 Å². The zero-order valence-corrected chi connectivity index (χ0v) is 13.7. The summed E-state index contributed by atoms with van der Waals surface area (Å²) in [4.78, 5) is 23.5. The number of carbonyl (C=O) groups excluding carboxylic acids is 1. The summed E-state index contributed by atoms with van der Waals surface area (Å²) in [6, 6.07) is 17.8. The summed E-state index contributed by atoms with van der Waals surface area (Å²) in [5.41, 5.74) is 1.85. The van der Waals surface area contributed by atoms with Crippen LogP contribution in [-0.2, 0) is 16.1 Å². The van der Waals surface area contributed by atoms with Gasteiger partial charge in [-0.2, -0.15) is 4.91 Å². The summed E-state index contributed by atoms with van der Waals surface area (Å²) in [5.74, 6) is -0.363. The summed E-state index contributed by atoms with van der Waals surface area (Å²) in [6.45, 7) is 2.58. The highest BCUT2D eigenvalue weighted by Crippen LogP contribution is 2.23. The van der Waals surface area contributed by atoms with Gasteiger partial charge in [0.15, 0.2) is 0 Å². The predicted molar refractivity (Wildman–Crippen MR) is 93.3 cm³/mol. The molecule has 126 valence electrons. The van der Waals surface area contributed by atoms with Crippen molar-refractivity contribution in [3.8, 4) is 0 Å². The smallest absolute Gasteiger partial charge is 0.323 e. The Hall–Kier alpha value is -2.53. The van der Waals surface area contributed by atoms with Crippen LogP contribution in [0.1, 0.15) is 30.5 Å².